The van der Waals surface area contributed by atoms with Crippen LogP contribution in [0.3, 0.4) is 0 Å². The Balaban J connectivity index is 2.32. The molecule has 2 aliphatic rings. The van der Waals surface area contributed by atoms with E-state index in [4.69, 9.17) is 5.73 Å². The molecule has 2 rings (SSSR count). The van der Waals surface area contributed by atoms with Gasteiger partial charge in [0.25, 0.3) is 0 Å². The van der Waals surface area contributed by atoms with Crippen LogP contribution in [0.2, 0.25) is 0 Å². The summed E-state index contributed by atoms with van der Waals surface area (Å²) in [4.78, 5) is 11.9. The van der Waals surface area contributed by atoms with Gasteiger partial charge in [-0.05, 0) is 0 Å². The molecule has 58 valence electrons. The van der Waals surface area contributed by atoms with Crippen LogP contribution in [0.1, 0.15) is 6.42 Å². The Kier molecular flexibility index (Phi) is 1.42. The van der Waals surface area contributed by atoms with Gasteiger partial charge in [-0.2, -0.15) is 0 Å². The largest absolute Gasteiger partial charge is 0.378 e. The molecule has 1 amide bonds. The molecule has 1 heterocycles. The second-order valence-corrected chi connectivity index (χ2v) is 3.44. The van der Waals surface area contributed by atoms with Crippen molar-refractivity contribution in [2.45, 2.75) is 6.42 Å². The van der Waals surface area contributed by atoms with Crippen LogP contribution >= 0.6 is 11.8 Å². The van der Waals surface area contributed by atoms with Gasteiger partial charge in [-0.25, -0.2) is 0 Å². The maximum Gasteiger partial charge on any atom is 0.249 e. The third kappa shape index (κ3) is 0.939. The van der Waals surface area contributed by atoms with E-state index >= 15 is 0 Å². The third-order valence-electron chi connectivity index (χ3n) is 1.80. The van der Waals surface area contributed by atoms with Crippen molar-refractivity contribution in [3.63, 3.8) is 0 Å². The highest BCUT2D eigenvalue weighted by Crippen LogP contribution is 2.37. The molecule has 11 heavy (non-hydrogen) atoms. The van der Waals surface area contributed by atoms with Crippen molar-refractivity contribution >= 4 is 17.7 Å². The number of carbonyl (C=O) groups is 1. The van der Waals surface area contributed by atoms with E-state index < -0.39 is 0 Å². The molecule has 1 aliphatic carbocycles. The standard InChI is InChI=1S/C7H8N2OS/c8-7(10)4-1-2-5-6(4)11-3-9-5/h1,9H,2-3H2,(H2,8,10). The molecular formula is C7H8N2OS. The summed E-state index contributed by atoms with van der Waals surface area (Å²) in [7, 11) is 0. The van der Waals surface area contributed by atoms with E-state index in [9.17, 15) is 4.79 Å². The number of allylic oxidation sites excluding steroid dienone is 1. The van der Waals surface area contributed by atoms with Gasteiger partial charge in [0.1, 0.15) is 0 Å². The zero-order chi connectivity index (χ0) is 7.84. The van der Waals surface area contributed by atoms with Crippen molar-refractivity contribution in [1.82, 2.24) is 5.32 Å². The van der Waals surface area contributed by atoms with Crippen LogP contribution in [-0.2, 0) is 4.79 Å². The van der Waals surface area contributed by atoms with Gasteiger partial charge >= 0.3 is 0 Å². The number of hydrogen-bond acceptors (Lipinski definition) is 3. The first-order chi connectivity index (χ1) is 5.29. The SMILES string of the molecule is NC(=O)C1=CCC2=C1SCN2. The van der Waals surface area contributed by atoms with Gasteiger partial charge in [-0.1, -0.05) is 6.08 Å². The molecule has 0 bridgehead atoms. The minimum absolute atomic E-state index is 0.314. The molecule has 0 aromatic rings. The zero-order valence-corrected chi connectivity index (χ0v) is 6.70. The molecule has 0 atom stereocenters. The number of primary amides is 1. The first-order valence-electron chi connectivity index (χ1n) is 3.39. The molecule has 0 saturated heterocycles. The summed E-state index contributed by atoms with van der Waals surface area (Å²) >= 11 is 1.65. The Morgan fingerprint density at radius 2 is 2.55 bits per heavy atom. The summed E-state index contributed by atoms with van der Waals surface area (Å²) in [5.41, 5.74) is 7.02. The predicted octanol–water partition coefficient (Wildman–Crippen LogP) is 0.307. The van der Waals surface area contributed by atoms with E-state index in [0.29, 0.717) is 5.57 Å². The first kappa shape index (κ1) is 6.79. The number of nitrogens with one attached hydrogen (secondary N) is 1. The van der Waals surface area contributed by atoms with Crippen molar-refractivity contribution in [2.24, 2.45) is 5.73 Å². The van der Waals surface area contributed by atoms with E-state index in [1.807, 2.05) is 6.08 Å². The summed E-state index contributed by atoms with van der Waals surface area (Å²) in [6, 6.07) is 0. The second kappa shape index (κ2) is 2.30. The molecule has 0 saturated carbocycles. The lowest BCUT2D eigenvalue weighted by Crippen LogP contribution is -2.13. The zero-order valence-electron chi connectivity index (χ0n) is 5.89. The smallest absolute Gasteiger partial charge is 0.249 e. The molecule has 0 radical (unpaired) electrons. The lowest BCUT2D eigenvalue weighted by Gasteiger charge is -1.96. The Morgan fingerprint density at radius 3 is 3.27 bits per heavy atom. The summed E-state index contributed by atoms with van der Waals surface area (Å²) in [6.07, 6.45) is 2.72. The number of hydrogen-bond donors (Lipinski definition) is 2. The Morgan fingerprint density at radius 1 is 1.73 bits per heavy atom. The Hall–Kier alpha value is -0.900. The van der Waals surface area contributed by atoms with E-state index in [0.717, 1.165) is 22.9 Å². The molecule has 0 spiro atoms. The number of rotatable bonds is 1. The number of thioether (sulfide) groups is 1. The number of carbonyl (C=O) groups excluding carboxylic acids is 1. The molecule has 3 nitrogen and oxygen atoms in total. The maximum absolute atomic E-state index is 10.8. The summed E-state index contributed by atoms with van der Waals surface area (Å²) in [6.45, 7) is 0. The Bertz CT molecular complexity index is 280. The van der Waals surface area contributed by atoms with Crippen LogP contribution in [0, 0.1) is 0 Å². The Labute approximate surface area is 68.7 Å². The molecule has 0 aromatic carbocycles. The summed E-state index contributed by atoms with van der Waals surface area (Å²) < 4.78 is 0. The minimum Gasteiger partial charge on any atom is -0.378 e. The van der Waals surface area contributed by atoms with Crippen LogP contribution in [0.4, 0.5) is 0 Å². The fourth-order valence-corrected chi connectivity index (χ4v) is 2.34. The monoisotopic (exact) mass is 168 g/mol. The molecular weight excluding hydrogens is 160 g/mol. The van der Waals surface area contributed by atoms with Gasteiger partial charge in [0.05, 0.1) is 11.4 Å². The predicted molar refractivity (Wildman–Crippen MR) is 44.5 cm³/mol. The highest BCUT2D eigenvalue weighted by atomic mass is 32.2. The molecule has 0 fully saturated rings. The summed E-state index contributed by atoms with van der Waals surface area (Å²) in [5, 5.41) is 3.19. The second-order valence-electron chi connectivity index (χ2n) is 2.46. The van der Waals surface area contributed by atoms with Crippen LogP contribution in [-0.4, -0.2) is 11.8 Å². The van der Waals surface area contributed by atoms with Crippen LogP contribution < -0.4 is 11.1 Å². The topological polar surface area (TPSA) is 55.1 Å². The van der Waals surface area contributed by atoms with Gasteiger partial charge < -0.3 is 11.1 Å². The summed E-state index contributed by atoms with van der Waals surface area (Å²) in [5.74, 6) is 0.557. The minimum atomic E-state index is -0.314. The number of nitrogens with two attached hydrogens (primary N) is 1. The van der Waals surface area contributed by atoms with Gasteiger partial charge in [0.2, 0.25) is 5.91 Å². The van der Waals surface area contributed by atoms with Crippen LogP contribution in [0.25, 0.3) is 0 Å². The van der Waals surface area contributed by atoms with E-state index in [1.165, 1.54) is 0 Å². The highest BCUT2D eigenvalue weighted by Gasteiger charge is 2.25. The molecule has 3 N–H and O–H groups in total. The third-order valence-corrected chi connectivity index (χ3v) is 2.84. The highest BCUT2D eigenvalue weighted by molar-refractivity contribution is 8.03. The van der Waals surface area contributed by atoms with Gasteiger partial charge in [-0.15, -0.1) is 11.8 Å². The van der Waals surface area contributed by atoms with Crippen LogP contribution in [0.15, 0.2) is 22.3 Å². The normalized spacial score (nSPS) is 21.3. The molecule has 4 heteroatoms. The molecule has 1 aliphatic heterocycles. The lowest BCUT2D eigenvalue weighted by molar-refractivity contribution is -0.114. The quantitative estimate of drug-likeness (QED) is 0.592. The average Bonchev–Trinajstić information content (AvgIpc) is 2.41. The van der Waals surface area contributed by atoms with Crippen molar-refractivity contribution in [3.05, 3.63) is 22.3 Å². The first-order valence-corrected chi connectivity index (χ1v) is 4.38. The van der Waals surface area contributed by atoms with E-state index in [2.05, 4.69) is 5.32 Å². The maximum atomic E-state index is 10.8. The molecule has 0 aromatic heterocycles. The van der Waals surface area contributed by atoms with Crippen molar-refractivity contribution in [2.75, 3.05) is 5.88 Å². The van der Waals surface area contributed by atoms with Gasteiger partial charge in [-0.3, -0.25) is 4.79 Å². The number of amides is 1. The van der Waals surface area contributed by atoms with Crippen LogP contribution in [0.5, 0.6) is 0 Å². The van der Waals surface area contributed by atoms with Gasteiger partial charge in [0, 0.05) is 17.0 Å². The average molecular weight is 168 g/mol. The van der Waals surface area contributed by atoms with Crippen molar-refractivity contribution < 1.29 is 4.79 Å². The fraction of sp³-hybridized carbons (Fsp3) is 0.286. The van der Waals surface area contributed by atoms with Crippen molar-refractivity contribution in [1.29, 1.82) is 0 Å². The van der Waals surface area contributed by atoms with Crippen molar-refractivity contribution in [3.8, 4) is 0 Å². The van der Waals surface area contributed by atoms with Gasteiger partial charge in [0.15, 0.2) is 0 Å². The lowest BCUT2D eigenvalue weighted by atomic mass is 10.3. The van der Waals surface area contributed by atoms with E-state index in [1.54, 1.807) is 11.8 Å². The fourth-order valence-electron chi connectivity index (χ4n) is 1.28. The van der Waals surface area contributed by atoms with E-state index in [-0.39, 0.29) is 5.91 Å². The molecule has 0 unspecified atom stereocenters.